The predicted molar refractivity (Wildman–Crippen MR) is 171 cm³/mol. The summed E-state index contributed by atoms with van der Waals surface area (Å²) in [6.07, 6.45) is 6.21. The molecule has 0 heterocycles. The first-order valence-electron chi connectivity index (χ1n) is 14.2. The van der Waals surface area contributed by atoms with Crippen LogP contribution in [0, 0.1) is 0 Å². The molecule has 1 fully saturated rings. The molecule has 3 aromatic carbocycles. The highest BCUT2D eigenvalue weighted by Gasteiger charge is 2.34. The Hall–Kier alpha value is -3.27. The molecule has 1 N–H and O–H groups in total. The molecule has 3 aromatic rings. The molecule has 1 aliphatic rings. The lowest BCUT2D eigenvalue weighted by Crippen LogP contribution is -2.55. The molecule has 0 bridgehead atoms. The Balaban J connectivity index is 1.75. The largest absolute Gasteiger partial charge is 0.495 e. The molecule has 1 atom stereocenters. The van der Waals surface area contributed by atoms with Crippen molar-refractivity contribution in [2.45, 2.75) is 57.2 Å². The molecule has 230 valence electrons. The van der Waals surface area contributed by atoms with E-state index in [4.69, 9.17) is 27.9 Å². The van der Waals surface area contributed by atoms with Gasteiger partial charge in [-0.3, -0.25) is 13.9 Å². The fraction of sp³-hybridized carbons (Fsp3) is 0.375. The Bertz CT molecular complexity index is 1510. The maximum Gasteiger partial charge on any atom is 0.244 e. The van der Waals surface area contributed by atoms with Gasteiger partial charge in [-0.05, 0) is 54.3 Å². The van der Waals surface area contributed by atoms with Crippen LogP contribution in [0.1, 0.15) is 43.2 Å². The number of amides is 2. The Morgan fingerprint density at radius 2 is 1.60 bits per heavy atom. The summed E-state index contributed by atoms with van der Waals surface area (Å²) in [5.41, 5.74) is 1.70. The van der Waals surface area contributed by atoms with Crippen LogP contribution in [0.3, 0.4) is 0 Å². The van der Waals surface area contributed by atoms with Gasteiger partial charge in [0.25, 0.3) is 0 Å². The number of hydrogen-bond acceptors (Lipinski definition) is 5. The Morgan fingerprint density at radius 3 is 2.26 bits per heavy atom. The second kappa shape index (κ2) is 14.9. The van der Waals surface area contributed by atoms with Crippen LogP contribution in [0.5, 0.6) is 5.75 Å². The Kier molecular flexibility index (Phi) is 11.3. The molecule has 1 saturated carbocycles. The lowest BCUT2D eigenvalue weighted by molar-refractivity contribution is -0.140. The zero-order valence-electron chi connectivity index (χ0n) is 24.3. The standard InChI is InChI=1S/C32H37Cl2N3O5S/c1-42-30-17-16-26(34)20-28(30)37(43(2,40)41)22-31(38)36(21-24-12-9-13-25(33)18-24)29(19-23-10-5-3-6-11-23)32(39)35-27-14-7-4-8-15-27/h3,5-6,9-13,16-18,20,27,29H,4,7-8,14-15,19,21-22H2,1-2H3,(H,35,39)/t29-/m0/s1. The summed E-state index contributed by atoms with van der Waals surface area (Å²) in [4.78, 5) is 29.8. The maximum atomic E-state index is 14.3. The number of sulfonamides is 1. The number of benzene rings is 3. The first kappa shape index (κ1) is 32.6. The number of nitrogens with zero attached hydrogens (tertiary/aromatic N) is 2. The number of hydrogen-bond donors (Lipinski definition) is 1. The number of carbonyl (C=O) groups is 2. The molecule has 1 aliphatic carbocycles. The highest BCUT2D eigenvalue weighted by Crippen LogP contribution is 2.33. The number of ether oxygens (including phenoxy) is 1. The molecule has 11 heteroatoms. The number of rotatable bonds is 12. The van der Waals surface area contributed by atoms with E-state index in [2.05, 4.69) is 5.32 Å². The van der Waals surface area contributed by atoms with Gasteiger partial charge in [0, 0.05) is 29.1 Å². The van der Waals surface area contributed by atoms with Crippen molar-refractivity contribution >= 4 is 50.7 Å². The summed E-state index contributed by atoms with van der Waals surface area (Å²) in [6.45, 7) is -0.530. The summed E-state index contributed by atoms with van der Waals surface area (Å²) >= 11 is 12.5. The molecule has 0 unspecified atom stereocenters. The topological polar surface area (TPSA) is 96.0 Å². The average Bonchev–Trinajstić information content (AvgIpc) is 2.98. The van der Waals surface area contributed by atoms with Crippen LogP contribution in [-0.2, 0) is 32.6 Å². The smallest absolute Gasteiger partial charge is 0.244 e. The average molecular weight is 647 g/mol. The molecule has 4 rings (SSSR count). The minimum Gasteiger partial charge on any atom is -0.495 e. The van der Waals surface area contributed by atoms with Crippen molar-refractivity contribution in [3.8, 4) is 5.75 Å². The zero-order valence-corrected chi connectivity index (χ0v) is 26.7. The van der Waals surface area contributed by atoms with E-state index in [0.29, 0.717) is 10.6 Å². The molecule has 0 aliphatic heterocycles. The summed E-state index contributed by atoms with van der Waals surface area (Å²) in [5, 5.41) is 3.95. The first-order valence-corrected chi connectivity index (χ1v) is 16.8. The number of methoxy groups -OCH3 is 1. The van der Waals surface area contributed by atoms with Gasteiger partial charge in [0.05, 0.1) is 19.1 Å². The quantitative estimate of drug-likeness (QED) is 0.266. The van der Waals surface area contributed by atoms with E-state index in [1.807, 2.05) is 36.4 Å². The van der Waals surface area contributed by atoms with Crippen molar-refractivity contribution in [3.05, 3.63) is 94.0 Å². The van der Waals surface area contributed by atoms with Gasteiger partial charge in [-0.1, -0.05) is 84.9 Å². The lowest BCUT2D eigenvalue weighted by atomic mass is 9.94. The minimum atomic E-state index is -3.98. The highest BCUT2D eigenvalue weighted by molar-refractivity contribution is 7.92. The maximum absolute atomic E-state index is 14.3. The molecule has 2 amide bonds. The van der Waals surface area contributed by atoms with Gasteiger partial charge in [-0.15, -0.1) is 0 Å². The number of halogens is 2. The Labute approximate surface area is 264 Å². The van der Waals surface area contributed by atoms with Crippen LogP contribution in [-0.4, -0.2) is 57.1 Å². The third-order valence-corrected chi connectivity index (χ3v) is 9.15. The minimum absolute atomic E-state index is 0.0193. The van der Waals surface area contributed by atoms with Crippen LogP contribution in [0.2, 0.25) is 10.0 Å². The van der Waals surface area contributed by atoms with Crippen molar-refractivity contribution in [2.24, 2.45) is 0 Å². The molecular formula is C32H37Cl2N3O5S. The molecule has 43 heavy (non-hydrogen) atoms. The van der Waals surface area contributed by atoms with Gasteiger partial charge in [0.2, 0.25) is 21.8 Å². The monoisotopic (exact) mass is 645 g/mol. The van der Waals surface area contributed by atoms with E-state index < -0.39 is 28.5 Å². The Morgan fingerprint density at radius 1 is 0.930 bits per heavy atom. The van der Waals surface area contributed by atoms with Gasteiger partial charge in [-0.2, -0.15) is 0 Å². The highest BCUT2D eigenvalue weighted by atomic mass is 35.5. The lowest BCUT2D eigenvalue weighted by Gasteiger charge is -2.35. The van der Waals surface area contributed by atoms with E-state index in [1.54, 1.807) is 30.3 Å². The third kappa shape index (κ3) is 9.11. The van der Waals surface area contributed by atoms with Crippen molar-refractivity contribution in [2.75, 3.05) is 24.2 Å². The van der Waals surface area contributed by atoms with Gasteiger partial charge >= 0.3 is 0 Å². The molecule has 0 radical (unpaired) electrons. The molecule has 8 nitrogen and oxygen atoms in total. The van der Waals surface area contributed by atoms with E-state index in [1.165, 1.54) is 18.1 Å². The van der Waals surface area contributed by atoms with E-state index >= 15 is 0 Å². The van der Waals surface area contributed by atoms with Crippen molar-refractivity contribution < 1.29 is 22.7 Å². The predicted octanol–water partition coefficient (Wildman–Crippen LogP) is 5.86. The molecule has 0 spiro atoms. The fourth-order valence-electron chi connectivity index (χ4n) is 5.38. The number of carbonyl (C=O) groups excluding carboxylic acids is 2. The summed E-state index contributed by atoms with van der Waals surface area (Å²) in [5.74, 6) is -0.607. The zero-order chi connectivity index (χ0) is 31.0. The van der Waals surface area contributed by atoms with E-state index in [-0.39, 0.29) is 41.4 Å². The van der Waals surface area contributed by atoms with Crippen LogP contribution < -0.4 is 14.4 Å². The van der Waals surface area contributed by atoms with Gasteiger partial charge in [0.15, 0.2) is 0 Å². The summed E-state index contributed by atoms with van der Waals surface area (Å²) in [6, 6.07) is 20.2. The summed E-state index contributed by atoms with van der Waals surface area (Å²) in [7, 11) is -2.57. The van der Waals surface area contributed by atoms with Crippen LogP contribution in [0.25, 0.3) is 0 Å². The van der Waals surface area contributed by atoms with Crippen LogP contribution in [0.4, 0.5) is 5.69 Å². The second-order valence-electron chi connectivity index (χ2n) is 10.8. The van der Waals surface area contributed by atoms with Gasteiger partial charge < -0.3 is 15.0 Å². The van der Waals surface area contributed by atoms with E-state index in [0.717, 1.165) is 48.2 Å². The SMILES string of the molecule is COc1ccc(Cl)cc1N(CC(=O)N(Cc1cccc(Cl)c1)[C@@H](Cc1ccccc1)C(=O)NC1CCCCC1)S(C)(=O)=O. The van der Waals surface area contributed by atoms with Crippen molar-refractivity contribution in [1.29, 1.82) is 0 Å². The van der Waals surface area contributed by atoms with Crippen molar-refractivity contribution in [1.82, 2.24) is 10.2 Å². The molecular weight excluding hydrogens is 609 g/mol. The third-order valence-electron chi connectivity index (χ3n) is 7.55. The first-order chi connectivity index (χ1) is 20.5. The van der Waals surface area contributed by atoms with Gasteiger partial charge in [0.1, 0.15) is 18.3 Å². The number of anilines is 1. The van der Waals surface area contributed by atoms with Crippen molar-refractivity contribution in [3.63, 3.8) is 0 Å². The summed E-state index contributed by atoms with van der Waals surface area (Å²) < 4.78 is 32.5. The van der Waals surface area contributed by atoms with Crippen LogP contribution >= 0.6 is 23.2 Å². The fourth-order valence-corrected chi connectivity index (χ4v) is 6.61. The van der Waals surface area contributed by atoms with Crippen LogP contribution in [0.15, 0.2) is 72.8 Å². The van der Waals surface area contributed by atoms with E-state index in [9.17, 15) is 18.0 Å². The number of nitrogens with one attached hydrogen (secondary N) is 1. The normalized spacial score (nSPS) is 14.5. The van der Waals surface area contributed by atoms with Gasteiger partial charge in [-0.25, -0.2) is 8.42 Å². The second-order valence-corrected chi connectivity index (χ2v) is 13.6. The molecule has 0 saturated heterocycles. The molecule has 0 aromatic heterocycles.